The van der Waals surface area contributed by atoms with Crippen LogP contribution in [-0.2, 0) is 0 Å². The number of carbonyl (C=O) groups excluding carboxylic acids is 1. The van der Waals surface area contributed by atoms with Gasteiger partial charge in [0.2, 0.25) is 0 Å². The summed E-state index contributed by atoms with van der Waals surface area (Å²) in [4.78, 5) is 15.8. The fourth-order valence-corrected chi connectivity index (χ4v) is 1.52. The summed E-state index contributed by atoms with van der Waals surface area (Å²) in [6.45, 7) is 1.85. The third-order valence-electron chi connectivity index (χ3n) is 2.34. The molecule has 0 aliphatic heterocycles. The van der Waals surface area contributed by atoms with Gasteiger partial charge in [-0.05, 0) is 30.7 Å². The maximum atomic E-state index is 12.8. The van der Waals surface area contributed by atoms with E-state index in [0.29, 0.717) is 5.69 Å². The van der Waals surface area contributed by atoms with Crippen LogP contribution in [0.2, 0.25) is 0 Å². The molecule has 0 radical (unpaired) electrons. The second kappa shape index (κ2) is 4.83. The molecule has 0 saturated carbocycles. The lowest BCUT2D eigenvalue weighted by Gasteiger charge is -2.07. The Kier molecular flexibility index (Phi) is 3.23. The van der Waals surface area contributed by atoms with Crippen LogP contribution >= 0.6 is 0 Å². The summed E-state index contributed by atoms with van der Waals surface area (Å²) in [6, 6.07) is 4.97. The molecule has 1 aromatic heterocycles. The number of carbonyl (C=O) groups is 1. The Morgan fingerprint density at radius 2 is 2.11 bits per heavy atom. The van der Waals surface area contributed by atoms with E-state index in [9.17, 15) is 14.3 Å². The Morgan fingerprint density at radius 3 is 2.78 bits per heavy atom. The van der Waals surface area contributed by atoms with Crippen molar-refractivity contribution in [3.63, 3.8) is 0 Å². The van der Waals surface area contributed by atoms with Crippen LogP contribution < -0.4 is 5.32 Å². The first kappa shape index (κ1) is 12.0. The molecule has 0 fully saturated rings. The van der Waals surface area contributed by atoms with E-state index in [1.807, 2.05) is 6.92 Å². The van der Waals surface area contributed by atoms with Crippen molar-refractivity contribution >= 4 is 11.6 Å². The number of rotatable bonds is 2. The van der Waals surface area contributed by atoms with E-state index in [1.165, 1.54) is 12.3 Å². The predicted molar refractivity (Wildman–Crippen MR) is 65.0 cm³/mol. The molecule has 4 nitrogen and oxygen atoms in total. The van der Waals surface area contributed by atoms with Crippen LogP contribution in [0, 0.1) is 12.7 Å². The van der Waals surface area contributed by atoms with Crippen LogP contribution in [0.15, 0.2) is 36.7 Å². The molecule has 1 heterocycles. The molecule has 0 aliphatic rings. The van der Waals surface area contributed by atoms with Crippen molar-refractivity contribution in [3.05, 3.63) is 53.6 Å². The molecule has 92 valence electrons. The smallest absolute Gasteiger partial charge is 0.259 e. The number of amides is 1. The van der Waals surface area contributed by atoms with Gasteiger partial charge in [0.25, 0.3) is 5.91 Å². The highest BCUT2D eigenvalue weighted by Crippen LogP contribution is 2.19. The normalized spacial score (nSPS) is 10.1. The summed E-state index contributed by atoms with van der Waals surface area (Å²) in [6.07, 6.45) is 3.15. The van der Waals surface area contributed by atoms with Crippen LogP contribution in [0.25, 0.3) is 0 Å². The number of halogens is 1. The predicted octanol–water partition coefficient (Wildman–Crippen LogP) is 2.49. The Morgan fingerprint density at radius 1 is 1.33 bits per heavy atom. The van der Waals surface area contributed by atoms with Crippen molar-refractivity contribution < 1.29 is 14.3 Å². The lowest BCUT2D eigenvalue weighted by molar-refractivity contribution is 0.102. The summed E-state index contributed by atoms with van der Waals surface area (Å²) < 4.78 is 12.8. The zero-order chi connectivity index (χ0) is 13.1. The summed E-state index contributed by atoms with van der Waals surface area (Å²) in [5.41, 5.74) is 1.43. The van der Waals surface area contributed by atoms with E-state index in [2.05, 4.69) is 10.3 Å². The van der Waals surface area contributed by atoms with Gasteiger partial charge in [0.15, 0.2) is 0 Å². The molecule has 0 unspecified atom stereocenters. The molecule has 0 saturated heterocycles. The molecule has 0 aliphatic carbocycles. The number of nitrogens with zero attached hydrogens (tertiary/aromatic N) is 1. The van der Waals surface area contributed by atoms with Crippen molar-refractivity contribution in [1.29, 1.82) is 0 Å². The maximum absolute atomic E-state index is 12.8. The van der Waals surface area contributed by atoms with Gasteiger partial charge in [-0.1, -0.05) is 0 Å². The zero-order valence-corrected chi connectivity index (χ0v) is 9.64. The van der Waals surface area contributed by atoms with Gasteiger partial charge in [-0.2, -0.15) is 0 Å². The van der Waals surface area contributed by atoms with Gasteiger partial charge in [-0.3, -0.25) is 9.78 Å². The zero-order valence-electron chi connectivity index (χ0n) is 9.64. The molecule has 0 bridgehead atoms. The Labute approximate surface area is 103 Å². The van der Waals surface area contributed by atoms with E-state index in [1.54, 1.807) is 12.3 Å². The third kappa shape index (κ3) is 2.63. The van der Waals surface area contributed by atoms with Crippen molar-refractivity contribution in [3.8, 4) is 5.75 Å². The van der Waals surface area contributed by atoms with Crippen LogP contribution in [0.3, 0.4) is 0 Å². The summed E-state index contributed by atoms with van der Waals surface area (Å²) >= 11 is 0. The number of aromatic hydroxyl groups is 1. The summed E-state index contributed by atoms with van der Waals surface area (Å²) in [7, 11) is 0. The minimum absolute atomic E-state index is 0.0120. The molecule has 5 heteroatoms. The molecule has 1 amide bonds. The minimum atomic E-state index is -0.596. The van der Waals surface area contributed by atoms with Crippen molar-refractivity contribution in [1.82, 2.24) is 4.98 Å². The standard InChI is InChI=1S/C13H11FN2O2/c1-8-4-10(7-15-6-8)16-13(18)11-3-2-9(14)5-12(11)17/h2-7,17H,1H3,(H,16,18). The van der Waals surface area contributed by atoms with Gasteiger partial charge >= 0.3 is 0 Å². The van der Waals surface area contributed by atoms with E-state index < -0.39 is 17.5 Å². The quantitative estimate of drug-likeness (QED) is 0.855. The Hall–Kier alpha value is -2.43. The second-order valence-corrected chi connectivity index (χ2v) is 3.87. The lowest BCUT2D eigenvalue weighted by Crippen LogP contribution is -2.12. The fraction of sp³-hybridized carbons (Fsp3) is 0.0769. The van der Waals surface area contributed by atoms with Crippen LogP contribution in [-0.4, -0.2) is 16.0 Å². The SMILES string of the molecule is Cc1cncc(NC(=O)c2ccc(F)cc2O)c1. The first-order valence-electron chi connectivity index (χ1n) is 5.28. The van der Waals surface area contributed by atoms with E-state index >= 15 is 0 Å². The Balaban J connectivity index is 2.22. The molecule has 2 rings (SSSR count). The van der Waals surface area contributed by atoms with Gasteiger partial charge in [-0.15, -0.1) is 0 Å². The average Bonchev–Trinajstić information content (AvgIpc) is 2.28. The first-order chi connectivity index (χ1) is 8.56. The molecular formula is C13H11FN2O2. The van der Waals surface area contributed by atoms with Gasteiger partial charge in [0.1, 0.15) is 11.6 Å². The molecule has 1 aromatic carbocycles. The van der Waals surface area contributed by atoms with Crippen molar-refractivity contribution in [2.24, 2.45) is 0 Å². The van der Waals surface area contributed by atoms with E-state index in [0.717, 1.165) is 17.7 Å². The fourth-order valence-electron chi connectivity index (χ4n) is 1.52. The summed E-state index contributed by atoms with van der Waals surface area (Å²) in [5.74, 6) is -1.51. The highest BCUT2D eigenvalue weighted by molar-refractivity contribution is 6.06. The number of nitrogens with one attached hydrogen (secondary N) is 1. The topological polar surface area (TPSA) is 62.2 Å². The van der Waals surface area contributed by atoms with Gasteiger partial charge in [0.05, 0.1) is 17.4 Å². The number of pyridine rings is 1. The second-order valence-electron chi connectivity index (χ2n) is 3.87. The maximum Gasteiger partial charge on any atom is 0.259 e. The number of phenolic OH excluding ortho intramolecular Hbond substituents is 1. The molecule has 2 aromatic rings. The number of phenols is 1. The first-order valence-corrected chi connectivity index (χ1v) is 5.28. The van der Waals surface area contributed by atoms with Crippen molar-refractivity contribution in [2.75, 3.05) is 5.32 Å². The molecule has 0 spiro atoms. The summed E-state index contributed by atoms with van der Waals surface area (Å²) in [5, 5.41) is 12.1. The van der Waals surface area contributed by atoms with E-state index in [-0.39, 0.29) is 5.56 Å². The lowest BCUT2D eigenvalue weighted by atomic mass is 10.2. The number of aryl methyl sites for hydroxylation is 1. The highest BCUT2D eigenvalue weighted by atomic mass is 19.1. The molecule has 0 atom stereocenters. The highest BCUT2D eigenvalue weighted by Gasteiger charge is 2.12. The molecular weight excluding hydrogens is 235 g/mol. The number of anilines is 1. The minimum Gasteiger partial charge on any atom is -0.507 e. The van der Waals surface area contributed by atoms with E-state index in [4.69, 9.17) is 0 Å². The average molecular weight is 246 g/mol. The largest absolute Gasteiger partial charge is 0.507 e. The van der Waals surface area contributed by atoms with Gasteiger partial charge in [0, 0.05) is 12.3 Å². The number of hydrogen-bond donors (Lipinski definition) is 2. The Bertz CT molecular complexity index is 599. The van der Waals surface area contributed by atoms with Gasteiger partial charge < -0.3 is 10.4 Å². The number of hydrogen-bond acceptors (Lipinski definition) is 3. The van der Waals surface area contributed by atoms with Crippen LogP contribution in [0.5, 0.6) is 5.75 Å². The third-order valence-corrected chi connectivity index (χ3v) is 2.34. The van der Waals surface area contributed by atoms with Crippen molar-refractivity contribution in [2.45, 2.75) is 6.92 Å². The van der Waals surface area contributed by atoms with Crippen LogP contribution in [0.4, 0.5) is 10.1 Å². The number of aromatic nitrogens is 1. The monoisotopic (exact) mass is 246 g/mol. The molecule has 2 N–H and O–H groups in total. The number of benzene rings is 1. The van der Waals surface area contributed by atoms with Crippen LogP contribution in [0.1, 0.15) is 15.9 Å². The van der Waals surface area contributed by atoms with Gasteiger partial charge in [-0.25, -0.2) is 4.39 Å². The molecule has 18 heavy (non-hydrogen) atoms.